The number of rotatable bonds is 6. The summed E-state index contributed by atoms with van der Waals surface area (Å²) in [6.45, 7) is 8.41. The zero-order chi connectivity index (χ0) is 14.3. The van der Waals surface area contributed by atoms with Gasteiger partial charge in [0.1, 0.15) is 6.04 Å². The molecule has 2 amide bonds. The summed E-state index contributed by atoms with van der Waals surface area (Å²) in [4.78, 5) is 25.7. The third-order valence-corrected chi connectivity index (χ3v) is 2.99. The van der Waals surface area contributed by atoms with Crippen molar-refractivity contribution in [2.24, 2.45) is 0 Å². The van der Waals surface area contributed by atoms with Gasteiger partial charge in [0.05, 0.1) is 13.2 Å². The van der Waals surface area contributed by atoms with Crippen LogP contribution in [0.1, 0.15) is 27.2 Å². The number of hydrogen-bond donors (Lipinski definition) is 2. The third kappa shape index (κ3) is 5.16. The number of carbonyl (C=O) groups is 2. The lowest BCUT2D eigenvalue weighted by molar-refractivity contribution is -0.148. The minimum absolute atomic E-state index is 0.00713. The van der Waals surface area contributed by atoms with E-state index < -0.39 is 6.04 Å². The highest BCUT2D eigenvalue weighted by Gasteiger charge is 2.32. The molecular formula is C13H25N3O3. The lowest BCUT2D eigenvalue weighted by Gasteiger charge is -2.34. The van der Waals surface area contributed by atoms with Crippen molar-refractivity contribution in [1.29, 1.82) is 0 Å². The molecule has 1 saturated heterocycles. The number of likely N-dealkylation sites (N-methyl/N-ethyl adjacent to an activating group) is 1. The molecule has 0 radical (unpaired) electrons. The Hall–Kier alpha value is -1.14. The number of morpholine rings is 1. The van der Waals surface area contributed by atoms with Gasteiger partial charge in [0, 0.05) is 32.1 Å². The van der Waals surface area contributed by atoms with Crippen LogP contribution in [0.5, 0.6) is 0 Å². The van der Waals surface area contributed by atoms with E-state index in [4.69, 9.17) is 4.74 Å². The summed E-state index contributed by atoms with van der Waals surface area (Å²) in [5.41, 5.74) is 0. The molecule has 1 aliphatic heterocycles. The summed E-state index contributed by atoms with van der Waals surface area (Å²) < 4.78 is 5.30. The molecule has 1 heterocycles. The van der Waals surface area contributed by atoms with Gasteiger partial charge in [-0.25, -0.2) is 0 Å². The molecule has 6 heteroatoms. The molecule has 0 aromatic rings. The Morgan fingerprint density at radius 2 is 2.16 bits per heavy atom. The van der Waals surface area contributed by atoms with Gasteiger partial charge in [0.25, 0.3) is 0 Å². The first kappa shape index (κ1) is 15.9. The van der Waals surface area contributed by atoms with E-state index in [0.29, 0.717) is 38.7 Å². The molecular weight excluding hydrogens is 246 g/mol. The molecule has 1 unspecified atom stereocenters. The molecule has 0 aromatic carbocycles. The first-order valence-electron chi connectivity index (χ1n) is 6.94. The maximum Gasteiger partial charge on any atom is 0.245 e. The molecule has 2 N–H and O–H groups in total. The summed E-state index contributed by atoms with van der Waals surface area (Å²) in [7, 11) is 0. The Kier molecular flexibility index (Phi) is 6.80. The van der Waals surface area contributed by atoms with Crippen molar-refractivity contribution in [2.75, 3.05) is 32.8 Å². The summed E-state index contributed by atoms with van der Waals surface area (Å²) in [5, 5.41) is 5.95. The number of nitrogens with one attached hydrogen (secondary N) is 2. The molecule has 0 aromatic heterocycles. The SMILES string of the molecule is CCNC(=O)C1COCCN1C(=O)CCNC(C)C. The number of nitrogens with zero attached hydrogens (tertiary/aromatic N) is 1. The van der Waals surface area contributed by atoms with Gasteiger partial charge in [-0.05, 0) is 6.92 Å². The number of ether oxygens (including phenoxy) is 1. The van der Waals surface area contributed by atoms with Gasteiger partial charge < -0.3 is 20.3 Å². The van der Waals surface area contributed by atoms with Gasteiger partial charge >= 0.3 is 0 Å². The van der Waals surface area contributed by atoms with Crippen molar-refractivity contribution in [3.8, 4) is 0 Å². The lowest BCUT2D eigenvalue weighted by atomic mass is 10.2. The Bertz CT molecular complexity index is 308. The van der Waals surface area contributed by atoms with Crippen LogP contribution in [0.15, 0.2) is 0 Å². The summed E-state index contributed by atoms with van der Waals surface area (Å²) in [5.74, 6) is -0.125. The highest BCUT2D eigenvalue weighted by molar-refractivity contribution is 5.88. The van der Waals surface area contributed by atoms with Gasteiger partial charge in [0.2, 0.25) is 11.8 Å². The van der Waals surface area contributed by atoms with Crippen LogP contribution in [0.25, 0.3) is 0 Å². The van der Waals surface area contributed by atoms with Gasteiger partial charge in [-0.2, -0.15) is 0 Å². The molecule has 0 saturated carbocycles. The normalized spacial score (nSPS) is 19.6. The first-order chi connectivity index (χ1) is 9.06. The minimum Gasteiger partial charge on any atom is -0.377 e. The van der Waals surface area contributed by atoms with Crippen LogP contribution >= 0.6 is 0 Å². The van der Waals surface area contributed by atoms with E-state index in [0.717, 1.165) is 0 Å². The van der Waals surface area contributed by atoms with Crippen LogP contribution in [0.4, 0.5) is 0 Å². The van der Waals surface area contributed by atoms with Gasteiger partial charge in [0.15, 0.2) is 0 Å². The molecule has 1 fully saturated rings. The second-order valence-electron chi connectivity index (χ2n) is 4.93. The Labute approximate surface area is 114 Å². The average Bonchev–Trinajstić information content (AvgIpc) is 2.38. The fraction of sp³-hybridized carbons (Fsp3) is 0.846. The van der Waals surface area contributed by atoms with E-state index in [9.17, 15) is 9.59 Å². The van der Waals surface area contributed by atoms with Crippen molar-refractivity contribution in [3.63, 3.8) is 0 Å². The van der Waals surface area contributed by atoms with Crippen molar-refractivity contribution in [2.45, 2.75) is 39.3 Å². The number of amides is 2. The van der Waals surface area contributed by atoms with Crippen molar-refractivity contribution < 1.29 is 14.3 Å². The van der Waals surface area contributed by atoms with Crippen LogP contribution in [-0.2, 0) is 14.3 Å². The largest absolute Gasteiger partial charge is 0.377 e. The molecule has 6 nitrogen and oxygen atoms in total. The molecule has 1 aliphatic rings. The van der Waals surface area contributed by atoms with Crippen molar-refractivity contribution in [1.82, 2.24) is 15.5 Å². The molecule has 0 spiro atoms. The van der Waals surface area contributed by atoms with E-state index >= 15 is 0 Å². The fourth-order valence-electron chi connectivity index (χ4n) is 2.02. The van der Waals surface area contributed by atoms with Crippen molar-refractivity contribution >= 4 is 11.8 Å². The van der Waals surface area contributed by atoms with Crippen molar-refractivity contribution in [3.05, 3.63) is 0 Å². The molecule has 110 valence electrons. The smallest absolute Gasteiger partial charge is 0.245 e. The second kappa shape index (κ2) is 8.12. The molecule has 0 aliphatic carbocycles. The predicted molar refractivity (Wildman–Crippen MR) is 72.8 cm³/mol. The Morgan fingerprint density at radius 3 is 2.79 bits per heavy atom. The summed E-state index contributed by atoms with van der Waals surface area (Å²) in [6.07, 6.45) is 0.411. The third-order valence-electron chi connectivity index (χ3n) is 2.99. The predicted octanol–water partition coefficient (Wildman–Crippen LogP) is -0.262. The van der Waals surface area contributed by atoms with Crippen LogP contribution in [0.3, 0.4) is 0 Å². The number of hydrogen-bond acceptors (Lipinski definition) is 4. The maximum absolute atomic E-state index is 12.1. The average molecular weight is 271 g/mol. The Morgan fingerprint density at radius 1 is 1.42 bits per heavy atom. The Balaban J connectivity index is 2.51. The second-order valence-corrected chi connectivity index (χ2v) is 4.93. The fourth-order valence-corrected chi connectivity index (χ4v) is 2.02. The molecule has 1 rings (SSSR count). The van der Waals surface area contributed by atoms with Gasteiger partial charge in [-0.15, -0.1) is 0 Å². The zero-order valence-corrected chi connectivity index (χ0v) is 12.1. The summed E-state index contributed by atoms with van der Waals surface area (Å²) in [6, 6.07) is -0.128. The van der Waals surface area contributed by atoms with Crippen LogP contribution in [0.2, 0.25) is 0 Å². The highest BCUT2D eigenvalue weighted by atomic mass is 16.5. The van der Waals surface area contributed by atoms with Gasteiger partial charge in [-0.3, -0.25) is 9.59 Å². The van der Waals surface area contributed by atoms with Crippen LogP contribution in [-0.4, -0.2) is 61.6 Å². The maximum atomic E-state index is 12.1. The molecule has 1 atom stereocenters. The van der Waals surface area contributed by atoms with E-state index in [1.54, 1.807) is 4.90 Å². The number of carbonyl (C=O) groups excluding carboxylic acids is 2. The monoisotopic (exact) mass is 271 g/mol. The highest BCUT2D eigenvalue weighted by Crippen LogP contribution is 2.09. The summed E-state index contributed by atoms with van der Waals surface area (Å²) >= 11 is 0. The van der Waals surface area contributed by atoms with Crippen LogP contribution in [0, 0.1) is 0 Å². The minimum atomic E-state index is -0.486. The van der Waals surface area contributed by atoms with Crippen LogP contribution < -0.4 is 10.6 Å². The topological polar surface area (TPSA) is 70.7 Å². The molecule has 19 heavy (non-hydrogen) atoms. The molecule has 0 bridgehead atoms. The van der Waals surface area contributed by atoms with Gasteiger partial charge in [-0.1, -0.05) is 13.8 Å². The first-order valence-corrected chi connectivity index (χ1v) is 6.94. The zero-order valence-electron chi connectivity index (χ0n) is 12.1. The van der Waals surface area contributed by atoms with E-state index in [2.05, 4.69) is 10.6 Å². The lowest BCUT2D eigenvalue weighted by Crippen LogP contribution is -2.56. The standard InChI is InChI=1S/C13H25N3O3/c1-4-14-13(18)11-9-19-8-7-16(11)12(17)5-6-15-10(2)3/h10-11,15H,4-9H2,1-3H3,(H,14,18). The van der Waals surface area contributed by atoms with E-state index in [1.807, 2.05) is 20.8 Å². The van der Waals surface area contributed by atoms with E-state index in [-0.39, 0.29) is 18.4 Å². The quantitative estimate of drug-likeness (QED) is 0.698. The van der Waals surface area contributed by atoms with E-state index in [1.165, 1.54) is 0 Å².